The van der Waals surface area contributed by atoms with Crippen LogP contribution in [0.25, 0.3) is 5.69 Å². The number of aromatic nitrogens is 3. The van der Waals surface area contributed by atoms with Gasteiger partial charge in [-0.05, 0) is 32.9 Å². The Morgan fingerprint density at radius 2 is 2.06 bits per heavy atom. The lowest BCUT2D eigenvalue weighted by Gasteiger charge is -2.06. The molecule has 2 aromatic rings. The van der Waals surface area contributed by atoms with E-state index in [1.54, 1.807) is 23.9 Å². The Bertz CT molecular complexity index is 531. The molecule has 0 radical (unpaired) electrons. The normalized spacial score (nSPS) is 12.8. The van der Waals surface area contributed by atoms with Crippen molar-refractivity contribution in [2.45, 2.75) is 26.9 Å². The van der Waals surface area contributed by atoms with Gasteiger partial charge in [-0.25, -0.2) is 4.68 Å². The summed E-state index contributed by atoms with van der Waals surface area (Å²) in [6.45, 7) is 5.45. The smallest absolute Gasteiger partial charge is 0.0931 e. The summed E-state index contributed by atoms with van der Waals surface area (Å²) in [4.78, 5) is 4.18. The maximum Gasteiger partial charge on any atom is 0.0931 e. The van der Waals surface area contributed by atoms with Crippen molar-refractivity contribution in [2.75, 3.05) is 0 Å². The Balaban J connectivity index is 2.43. The minimum Gasteiger partial charge on any atom is -0.387 e. The van der Waals surface area contributed by atoms with Crippen molar-refractivity contribution >= 4 is 11.6 Å². The zero-order valence-electron chi connectivity index (χ0n) is 9.98. The van der Waals surface area contributed by atoms with Crippen LogP contribution in [0.3, 0.4) is 0 Å². The molecule has 2 rings (SSSR count). The molecular formula is C12H14ClN3O. The molecule has 4 nitrogen and oxygen atoms in total. The Kier molecular flexibility index (Phi) is 3.17. The molecule has 0 aliphatic carbocycles. The second-order valence-electron chi connectivity index (χ2n) is 4.01. The van der Waals surface area contributed by atoms with Crippen molar-refractivity contribution in [1.82, 2.24) is 14.8 Å². The molecule has 1 atom stereocenters. The SMILES string of the molecule is Cc1nn(-c2ccc([C@@H](C)O)nc2)c(C)c1Cl. The minimum atomic E-state index is -0.562. The number of aliphatic hydroxyl groups excluding tert-OH is 1. The second kappa shape index (κ2) is 4.47. The Hall–Kier alpha value is -1.39. The quantitative estimate of drug-likeness (QED) is 0.893. The summed E-state index contributed by atoms with van der Waals surface area (Å²) in [6, 6.07) is 3.65. The van der Waals surface area contributed by atoms with Crippen LogP contribution in [-0.4, -0.2) is 19.9 Å². The lowest BCUT2D eigenvalue weighted by molar-refractivity contribution is 0.194. The molecule has 0 bridgehead atoms. The molecule has 0 fully saturated rings. The minimum absolute atomic E-state index is 0.562. The van der Waals surface area contributed by atoms with Crippen LogP contribution in [0, 0.1) is 13.8 Å². The Labute approximate surface area is 105 Å². The highest BCUT2D eigenvalue weighted by atomic mass is 35.5. The molecule has 2 heterocycles. The zero-order chi connectivity index (χ0) is 12.6. The van der Waals surface area contributed by atoms with Gasteiger partial charge in [0.1, 0.15) is 0 Å². The number of aryl methyl sites for hydroxylation is 1. The number of hydrogen-bond acceptors (Lipinski definition) is 3. The molecule has 0 amide bonds. The lowest BCUT2D eigenvalue weighted by atomic mass is 10.2. The molecule has 90 valence electrons. The van der Waals surface area contributed by atoms with E-state index in [4.69, 9.17) is 11.6 Å². The fraction of sp³-hybridized carbons (Fsp3) is 0.333. The Morgan fingerprint density at radius 3 is 2.47 bits per heavy atom. The third-order valence-corrected chi connectivity index (χ3v) is 3.19. The van der Waals surface area contributed by atoms with E-state index in [2.05, 4.69) is 10.1 Å². The molecule has 1 N–H and O–H groups in total. The van der Waals surface area contributed by atoms with Crippen LogP contribution in [0.5, 0.6) is 0 Å². The average molecular weight is 252 g/mol. The molecule has 0 aromatic carbocycles. The topological polar surface area (TPSA) is 50.9 Å². The van der Waals surface area contributed by atoms with E-state index in [-0.39, 0.29) is 0 Å². The van der Waals surface area contributed by atoms with Crippen LogP contribution in [0.15, 0.2) is 18.3 Å². The summed E-state index contributed by atoms with van der Waals surface area (Å²) in [5.41, 5.74) is 3.16. The second-order valence-corrected chi connectivity index (χ2v) is 4.39. The first-order valence-electron chi connectivity index (χ1n) is 5.37. The van der Waals surface area contributed by atoms with Crippen molar-refractivity contribution in [3.8, 4) is 5.69 Å². The highest BCUT2D eigenvalue weighted by molar-refractivity contribution is 6.31. The summed E-state index contributed by atoms with van der Waals surface area (Å²) >= 11 is 6.09. The maximum atomic E-state index is 9.38. The Morgan fingerprint density at radius 1 is 1.35 bits per heavy atom. The van der Waals surface area contributed by atoms with Gasteiger partial charge < -0.3 is 5.11 Å². The van der Waals surface area contributed by atoms with Crippen LogP contribution in [0.2, 0.25) is 5.02 Å². The predicted octanol–water partition coefficient (Wildman–Crippen LogP) is 2.59. The molecule has 2 aromatic heterocycles. The first kappa shape index (κ1) is 12.1. The van der Waals surface area contributed by atoms with Gasteiger partial charge in [-0.2, -0.15) is 5.10 Å². The van der Waals surface area contributed by atoms with Crippen LogP contribution in [0.1, 0.15) is 30.1 Å². The van der Waals surface area contributed by atoms with Crippen molar-refractivity contribution in [1.29, 1.82) is 0 Å². The highest BCUT2D eigenvalue weighted by Crippen LogP contribution is 2.22. The van der Waals surface area contributed by atoms with E-state index in [9.17, 15) is 5.11 Å². The van der Waals surface area contributed by atoms with Gasteiger partial charge >= 0.3 is 0 Å². The zero-order valence-corrected chi connectivity index (χ0v) is 10.7. The lowest BCUT2D eigenvalue weighted by Crippen LogP contribution is -2.02. The highest BCUT2D eigenvalue weighted by Gasteiger charge is 2.11. The number of rotatable bonds is 2. The standard InChI is InChI=1S/C12H14ClN3O/c1-7-12(13)8(2)16(15-7)10-4-5-11(9(3)17)14-6-10/h4-6,9,17H,1-3H3/t9-/m1/s1. The molecule has 0 spiro atoms. The van der Waals surface area contributed by atoms with Crippen molar-refractivity contribution in [2.24, 2.45) is 0 Å². The number of aliphatic hydroxyl groups is 1. The molecule has 0 saturated carbocycles. The van der Waals surface area contributed by atoms with Gasteiger partial charge in [0.25, 0.3) is 0 Å². The van der Waals surface area contributed by atoms with E-state index in [1.165, 1.54) is 0 Å². The van der Waals surface area contributed by atoms with E-state index < -0.39 is 6.10 Å². The first-order chi connectivity index (χ1) is 8.00. The average Bonchev–Trinajstić information content (AvgIpc) is 2.57. The number of pyridine rings is 1. The van der Waals surface area contributed by atoms with Gasteiger partial charge in [-0.1, -0.05) is 11.6 Å². The van der Waals surface area contributed by atoms with Crippen LogP contribution in [0.4, 0.5) is 0 Å². The molecular weight excluding hydrogens is 238 g/mol. The van der Waals surface area contributed by atoms with Crippen LogP contribution < -0.4 is 0 Å². The largest absolute Gasteiger partial charge is 0.387 e. The maximum absolute atomic E-state index is 9.38. The summed E-state index contributed by atoms with van der Waals surface area (Å²) in [5, 5.41) is 14.4. The van der Waals surface area contributed by atoms with Gasteiger partial charge in [0.15, 0.2) is 0 Å². The summed E-state index contributed by atoms with van der Waals surface area (Å²) in [7, 11) is 0. The van der Waals surface area contributed by atoms with E-state index in [1.807, 2.05) is 19.9 Å². The first-order valence-corrected chi connectivity index (χ1v) is 5.74. The molecule has 0 aliphatic rings. The third-order valence-electron chi connectivity index (χ3n) is 2.65. The number of hydrogen-bond donors (Lipinski definition) is 1. The molecule has 5 heteroatoms. The molecule has 0 aliphatic heterocycles. The van der Waals surface area contributed by atoms with Crippen molar-refractivity contribution in [3.05, 3.63) is 40.4 Å². The number of nitrogens with zero attached hydrogens (tertiary/aromatic N) is 3. The van der Waals surface area contributed by atoms with Crippen LogP contribution >= 0.6 is 11.6 Å². The monoisotopic (exact) mass is 251 g/mol. The van der Waals surface area contributed by atoms with E-state index in [0.29, 0.717) is 10.7 Å². The third kappa shape index (κ3) is 2.18. The number of halogens is 1. The van der Waals surface area contributed by atoms with Gasteiger partial charge in [0.2, 0.25) is 0 Å². The van der Waals surface area contributed by atoms with Gasteiger partial charge in [-0.3, -0.25) is 4.98 Å². The van der Waals surface area contributed by atoms with Gasteiger partial charge in [-0.15, -0.1) is 0 Å². The van der Waals surface area contributed by atoms with Crippen LogP contribution in [-0.2, 0) is 0 Å². The van der Waals surface area contributed by atoms with Gasteiger partial charge in [0, 0.05) is 0 Å². The van der Waals surface area contributed by atoms with Crippen molar-refractivity contribution < 1.29 is 5.11 Å². The predicted molar refractivity (Wildman–Crippen MR) is 66.5 cm³/mol. The van der Waals surface area contributed by atoms with E-state index >= 15 is 0 Å². The summed E-state index contributed by atoms with van der Waals surface area (Å²) in [5.74, 6) is 0. The van der Waals surface area contributed by atoms with Crippen molar-refractivity contribution in [3.63, 3.8) is 0 Å². The molecule has 17 heavy (non-hydrogen) atoms. The molecule has 0 saturated heterocycles. The van der Waals surface area contributed by atoms with E-state index in [0.717, 1.165) is 17.1 Å². The fourth-order valence-corrected chi connectivity index (χ4v) is 1.76. The molecule has 0 unspecified atom stereocenters. The summed E-state index contributed by atoms with van der Waals surface area (Å²) in [6.07, 6.45) is 1.12. The summed E-state index contributed by atoms with van der Waals surface area (Å²) < 4.78 is 1.75. The fourth-order valence-electron chi connectivity index (χ4n) is 1.64. The van der Waals surface area contributed by atoms with Gasteiger partial charge in [0.05, 0.1) is 40.1 Å².